The molecule has 2 aromatic rings. The third kappa shape index (κ3) is 3.45. The zero-order valence-corrected chi connectivity index (χ0v) is 18.4. The second-order valence-electron chi connectivity index (χ2n) is 8.42. The smallest absolute Gasteiger partial charge is 0.354 e. The van der Waals surface area contributed by atoms with Crippen molar-refractivity contribution >= 4 is 21.6 Å². The third-order valence-corrected chi connectivity index (χ3v) is 7.62. The van der Waals surface area contributed by atoms with Gasteiger partial charge in [-0.05, 0) is 62.0 Å². The van der Waals surface area contributed by atoms with E-state index in [1.807, 2.05) is 0 Å². The van der Waals surface area contributed by atoms with E-state index in [9.17, 15) is 17.8 Å². The number of urea groups is 1. The molecule has 0 spiro atoms. The summed E-state index contributed by atoms with van der Waals surface area (Å²) in [6, 6.07) is -0.892. The van der Waals surface area contributed by atoms with Crippen LogP contribution in [0.15, 0.2) is 9.39 Å². The SMILES string of the molecule is CC1CCc2c1nc1c(c2NC(=O)N=S(N)(=O)c2nn(C(F)F)c3c2CCCO3)CCC1. The van der Waals surface area contributed by atoms with Crippen LogP contribution in [0.2, 0.25) is 0 Å². The van der Waals surface area contributed by atoms with Gasteiger partial charge in [0.2, 0.25) is 5.88 Å². The maximum atomic E-state index is 13.4. The topological polar surface area (TPSA) is 124 Å². The van der Waals surface area contributed by atoms with E-state index in [1.54, 1.807) is 0 Å². The molecule has 2 amide bonds. The summed E-state index contributed by atoms with van der Waals surface area (Å²) in [6.45, 7) is -0.651. The summed E-state index contributed by atoms with van der Waals surface area (Å²) in [5.41, 5.74) is 4.81. The molecule has 3 heterocycles. The minimum absolute atomic E-state index is 0.172. The van der Waals surface area contributed by atoms with Gasteiger partial charge in [-0.3, -0.25) is 4.98 Å². The Morgan fingerprint density at radius 3 is 2.81 bits per heavy atom. The molecular weight excluding hydrogens is 442 g/mol. The lowest BCUT2D eigenvalue weighted by Gasteiger charge is -2.16. The Kier molecular flexibility index (Phi) is 5.16. The van der Waals surface area contributed by atoms with Crippen LogP contribution < -0.4 is 15.2 Å². The van der Waals surface area contributed by atoms with E-state index in [0.717, 1.165) is 54.6 Å². The van der Waals surface area contributed by atoms with Crippen LogP contribution in [0.1, 0.15) is 66.7 Å². The van der Waals surface area contributed by atoms with Gasteiger partial charge in [-0.2, -0.15) is 18.6 Å². The third-order valence-electron chi connectivity index (χ3n) is 6.30. The number of halogens is 2. The molecule has 1 aliphatic heterocycles. The molecule has 3 N–H and O–H groups in total. The van der Waals surface area contributed by atoms with E-state index < -0.39 is 22.5 Å². The van der Waals surface area contributed by atoms with Crippen molar-refractivity contribution in [3.63, 3.8) is 0 Å². The number of nitrogens with one attached hydrogen (secondary N) is 1. The molecule has 0 radical (unpaired) electrons. The number of aromatic nitrogens is 3. The van der Waals surface area contributed by atoms with Crippen LogP contribution in [-0.4, -0.2) is 31.6 Å². The molecule has 12 heteroatoms. The Balaban J connectivity index is 1.52. The zero-order chi connectivity index (χ0) is 22.6. The highest BCUT2D eigenvalue weighted by atomic mass is 32.2. The van der Waals surface area contributed by atoms with Gasteiger partial charge in [-0.1, -0.05) is 6.92 Å². The van der Waals surface area contributed by atoms with Gasteiger partial charge in [-0.25, -0.2) is 14.1 Å². The van der Waals surface area contributed by atoms with Gasteiger partial charge in [0.15, 0.2) is 14.9 Å². The van der Waals surface area contributed by atoms with E-state index in [1.165, 1.54) is 0 Å². The van der Waals surface area contributed by atoms with Crippen LogP contribution in [0.3, 0.4) is 0 Å². The molecule has 2 unspecified atom stereocenters. The number of carbonyl (C=O) groups is 1. The van der Waals surface area contributed by atoms with Gasteiger partial charge >= 0.3 is 12.6 Å². The quantitative estimate of drug-likeness (QED) is 0.717. The summed E-state index contributed by atoms with van der Waals surface area (Å²) >= 11 is 0. The van der Waals surface area contributed by atoms with Crippen molar-refractivity contribution < 1.29 is 22.5 Å². The Morgan fingerprint density at radius 1 is 1.25 bits per heavy atom. The molecule has 0 saturated heterocycles. The first-order valence-electron chi connectivity index (χ1n) is 10.7. The molecule has 2 aliphatic carbocycles. The number of fused-ring (bicyclic) bond motifs is 3. The van der Waals surface area contributed by atoms with Gasteiger partial charge in [0.25, 0.3) is 0 Å². The second-order valence-corrected chi connectivity index (χ2v) is 10.1. The van der Waals surface area contributed by atoms with Crippen molar-refractivity contribution in [1.82, 2.24) is 14.8 Å². The fraction of sp³-hybridized carbons (Fsp3) is 0.550. The highest BCUT2D eigenvalue weighted by molar-refractivity contribution is 7.91. The number of anilines is 1. The van der Waals surface area contributed by atoms with E-state index in [0.29, 0.717) is 29.1 Å². The van der Waals surface area contributed by atoms with E-state index in [2.05, 4.69) is 21.7 Å². The number of alkyl halides is 2. The standard InChI is InChI=1S/C20H24F2N6O3S/c1-10-7-8-12-15(10)24-14-6-2-4-11(14)16(12)25-20(29)27-32(23,30)17-13-5-3-9-31-18(13)28(26-17)19(21)22/h10,19H,2-9H2,1H3,(H3,23,24,25,27,29,30). The van der Waals surface area contributed by atoms with Crippen LogP contribution >= 0.6 is 0 Å². The van der Waals surface area contributed by atoms with Gasteiger partial charge in [0.05, 0.1) is 17.9 Å². The Hall–Kier alpha value is -2.60. The number of rotatable bonds is 3. The first-order valence-corrected chi connectivity index (χ1v) is 12.3. The molecule has 5 rings (SSSR count). The molecule has 32 heavy (non-hydrogen) atoms. The van der Waals surface area contributed by atoms with E-state index >= 15 is 0 Å². The Labute approximate surface area is 184 Å². The number of nitrogens with zero attached hydrogens (tertiary/aromatic N) is 4. The summed E-state index contributed by atoms with van der Waals surface area (Å²) in [4.78, 5) is 17.6. The highest BCUT2D eigenvalue weighted by Gasteiger charge is 2.32. The zero-order valence-electron chi connectivity index (χ0n) is 17.6. The van der Waals surface area contributed by atoms with E-state index in [4.69, 9.17) is 14.9 Å². The number of amides is 2. The second kappa shape index (κ2) is 7.77. The van der Waals surface area contributed by atoms with Gasteiger partial charge < -0.3 is 10.1 Å². The highest BCUT2D eigenvalue weighted by Crippen LogP contribution is 2.41. The van der Waals surface area contributed by atoms with Crippen molar-refractivity contribution in [2.75, 3.05) is 11.9 Å². The lowest BCUT2D eigenvalue weighted by atomic mass is 10.0. The molecule has 2 aromatic heterocycles. The van der Waals surface area contributed by atoms with Crippen molar-refractivity contribution in [1.29, 1.82) is 0 Å². The number of hydrogen-bond donors (Lipinski definition) is 2. The predicted octanol–water partition coefficient (Wildman–Crippen LogP) is 3.47. The number of carbonyl (C=O) groups excluding carboxylic acids is 1. The summed E-state index contributed by atoms with van der Waals surface area (Å²) in [7, 11) is -3.87. The fourth-order valence-electron chi connectivity index (χ4n) is 4.83. The van der Waals surface area contributed by atoms with Gasteiger partial charge in [0.1, 0.15) is 0 Å². The van der Waals surface area contributed by atoms with Crippen molar-refractivity contribution in [3.05, 3.63) is 28.1 Å². The molecule has 2 atom stereocenters. The van der Waals surface area contributed by atoms with Crippen LogP contribution in [0.5, 0.6) is 5.88 Å². The largest absolute Gasteiger partial charge is 0.477 e. The number of hydrogen-bond acceptors (Lipinski definition) is 5. The van der Waals surface area contributed by atoms with Crippen molar-refractivity contribution in [2.24, 2.45) is 9.50 Å². The molecule has 0 bridgehead atoms. The monoisotopic (exact) mass is 466 g/mol. The number of ether oxygens (including phenoxy) is 1. The predicted molar refractivity (Wildman–Crippen MR) is 112 cm³/mol. The van der Waals surface area contributed by atoms with Gasteiger partial charge in [0, 0.05) is 11.4 Å². The van der Waals surface area contributed by atoms with Crippen LogP contribution in [0.25, 0.3) is 0 Å². The minimum Gasteiger partial charge on any atom is -0.477 e. The first kappa shape index (κ1) is 21.3. The summed E-state index contributed by atoms with van der Waals surface area (Å²) in [6.07, 6.45) is 5.16. The van der Waals surface area contributed by atoms with Crippen LogP contribution in [0, 0.1) is 0 Å². The van der Waals surface area contributed by atoms with Crippen molar-refractivity contribution in [2.45, 2.75) is 69.4 Å². The van der Waals surface area contributed by atoms with E-state index in [-0.39, 0.29) is 23.1 Å². The van der Waals surface area contributed by atoms with Crippen LogP contribution in [0.4, 0.5) is 19.3 Å². The normalized spacial score (nSPS) is 20.8. The maximum absolute atomic E-state index is 13.4. The molecule has 0 saturated carbocycles. The molecule has 172 valence electrons. The first-order chi connectivity index (χ1) is 15.3. The Bertz CT molecular complexity index is 1230. The average molecular weight is 467 g/mol. The lowest BCUT2D eigenvalue weighted by molar-refractivity contribution is 0.0432. The van der Waals surface area contributed by atoms with Gasteiger partial charge in [-0.15, -0.1) is 4.36 Å². The summed E-state index contributed by atoms with van der Waals surface area (Å²) in [5, 5.41) is 12.0. The summed E-state index contributed by atoms with van der Waals surface area (Å²) in [5.74, 6) is 0.126. The average Bonchev–Trinajstić information content (AvgIpc) is 3.45. The van der Waals surface area contributed by atoms with Crippen LogP contribution in [-0.2, 0) is 35.6 Å². The molecule has 0 aromatic carbocycles. The minimum atomic E-state index is -3.87. The molecular formula is C20H24F2N6O3S. The van der Waals surface area contributed by atoms with Crippen molar-refractivity contribution in [3.8, 4) is 5.88 Å². The maximum Gasteiger partial charge on any atom is 0.354 e. The molecule has 9 nitrogen and oxygen atoms in total. The summed E-state index contributed by atoms with van der Waals surface area (Å²) < 4.78 is 49.2. The lowest BCUT2D eigenvalue weighted by Crippen LogP contribution is -2.21. The number of pyridine rings is 1. The number of aryl methyl sites for hydroxylation is 1. The molecule has 0 fully saturated rings. The fourth-order valence-corrected chi connectivity index (χ4v) is 5.96. The number of nitrogens with two attached hydrogens (primary N) is 1. The Morgan fingerprint density at radius 2 is 2.03 bits per heavy atom. The molecule has 3 aliphatic rings.